The van der Waals surface area contributed by atoms with Crippen LogP contribution >= 0.6 is 0 Å². The molecule has 0 radical (unpaired) electrons. The predicted molar refractivity (Wildman–Crippen MR) is 96.5 cm³/mol. The van der Waals surface area contributed by atoms with Crippen molar-refractivity contribution in [2.45, 2.75) is 12.7 Å². The minimum Gasteiger partial charge on any atom is -0.339 e. The predicted octanol–water partition coefficient (Wildman–Crippen LogP) is 2.94. The maximum absolute atomic E-state index is 13.0. The third-order valence-electron chi connectivity index (χ3n) is 4.35. The number of alkyl halides is 3. The van der Waals surface area contributed by atoms with E-state index >= 15 is 0 Å². The number of nitrogens with one attached hydrogen (secondary N) is 1. The Kier molecular flexibility index (Phi) is 4.14. The second-order valence-corrected chi connectivity index (χ2v) is 6.14. The van der Waals surface area contributed by atoms with Crippen molar-refractivity contribution in [1.82, 2.24) is 19.1 Å². The lowest BCUT2D eigenvalue weighted by Crippen LogP contribution is -2.39. The van der Waals surface area contributed by atoms with Crippen molar-refractivity contribution in [3.8, 4) is 5.69 Å². The molecule has 0 aliphatic heterocycles. The lowest BCUT2D eigenvalue weighted by molar-refractivity contribution is -0.137. The zero-order chi connectivity index (χ0) is 19.9. The normalized spacial score (nSPS) is 11.8. The average molecular weight is 386 g/mol. The van der Waals surface area contributed by atoms with Gasteiger partial charge in [-0.05, 0) is 29.8 Å². The molecule has 0 spiro atoms. The Labute approximate surface area is 155 Å². The molecule has 0 amide bonds. The molecule has 0 aliphatic rings. The van der Waals surface area contributed by atoms with Crippen LogP contribution in [-0.4, -0.2) is 19.1 Å². The molecule has 4 rings (SSSR count). The van der Waals surface area contributed by atoms with Crippen molar-refractivity contribution >= 4 is 11.2 Å². The molecule has 0 aliphatic carbocycles. The Morgan fingerprint density at radius 1 is 0.964 bits per heavy atom. The number of rotatable bonds is 3. The molecule has 0 saturated heterocycles. The molecule has 2 aromatic carbocycles. The van der Waals surface area contributed by atoms with Gasteiger partial charge in [-0.15, -0.1) is 0 Å². The molecule has 2 heterocycles. The van der Waals surface area contributed by atoms with Gasteiger partial charge in [0, 0.05) is 0 Å². The van der Waals surface area contributed by atoms with Gasteiger partial charge in [-0.2, -0.15) is 13.2 Å². The first-order chi connectivity index (χ1) is 13.4. The van der Waals surface area contributed by atoms with E-state index in [0.717, 1.165) is 26.8 Å². The van der Waals surface area contributed by atoms with Crippen LogP contribution in [0.2, 0.25) is 0 Å². The molecule has 0 bridgehead atoms. The van der Waals surface area contributed by atoms with E-state index in [2.05, 4.69) is 9.97 Å². The Hall–Kier alpha value is -3.62. The van der Waals surface area contributed by atoms with Gasteiger partial charge in [0.05, 0.1) is 24.1 Å². The number of aromatic amines is 1. The summed E-state index contributed by atoms with van der Waals surface area (Å²) in [5.41, 5.74) is -1.01. The summed E-state index contributed by atoms with van der Waals surface area (Å²) >= 11 is 0. The molecule has 28 heavy (non-hydrogen) atoms. The number of fused-ring (bicyclic) bond motifs is 1. The highest BCUT2D eigenvalue weighted by atomic mass is 19.4. The van der Waals surface area contributed by atoms with E-state index < -0.39 is 23.0 Å². The summed E-state index contributed by atoms with van der Waals surface area (Å²) in [6, 6.07) is 13.0. The van der Waals surface area contributed by atoms with Crippen LogP contribution < -0.4 is 11.2 Å². The molecule has 0 unspecified atom stereocenters. The van der Waals surface area contributed by atoms with E-state index in [1.807, 2.05) is 6.07 Å². The molecule has 0 atom stereocenters. The lowest BCUT2D eigenvalue weighted by atomic mass is 10.2. The molecule has 1 N–H and O–H groups in total. The summed E-state index contributed by atoms with van der Waals surface area (Å²) in [6.45, 7) is 0.0219. The van der Waals surface area contributed by atoms with Crippen LogP contribution in [0.3, 0.4) is 0 Å². The van der Waals surface area contributed by atoms with E-state index in [9.17, 15) is 22.8 Å². The third-order valence-corrected chi connectivity index (χ3v) is 4.35. The smallest absolute Gasteiger partial charge is 0.339 e. The molecule has 142 valence electrons. The number of aromatic nitrogens is 4. The maximum atomic E-state index is 13.0. The molecule has 0 fully saturated rings. The highest BCUT2D eigenvalue weighted by Crippen LogP contribution is 2.29. The summed E-state index contributed by atoms with van der Waals surface area (Å²) in [5, 5.41) is 0. The fraction of sp³-hybridized carbons (Fsp3) is 0.105. The molecule has 6 nitrogen and oxygen atoms in total. The van der Waals surface area contributed by atoms with E-state index in [0.29, 0.717) is 0 Å². The number of nitrogens with zero attached hydrogens (tertiary/aromatic N) is 3. The van der Waals surface area contributed by atoms with E-state index in [1.54, 1.807) is 24.3 Å². The highest BCUT2D eigenvalue weighted by molar-refractivity contribution is 5.71. The van der Waals surface area contributed by atoms with E-state index in [-0.39, 0.29) is 23.4 Å². The van der Waals surface area contributed by atoms with Crippen LogP contribution in [0, 0.1) is 0 Å². The zero-order valence-electron chi connectivity index (χ0n) is 14.3. The molecular weight excluding hydrogens is 373 g/mol. The number of imidazole rings is 1. The summed E-state index contributed by atoms with van der Waals surface area (Å²) in [6.07, 6.45) is -3.23. The third kappa shape index (κ3) is 3.00. The summed E-state index contributed by atoms with van der Waals surface area (Å²) < 4.78 is 40.6. The zero-order valence-corrected chi connectivity index (χ0v) is 14.3. The number of hydrogen-bond acceptors (Lipinski definition) is 3. The summed E-state index contributed by atoms with van der Waals surface area (Å²) in [4.78, 5) is 32.5. The van der Waals surface area contributed by atoms with E-state index in [4.69, 9.17) is 0 Å². The van der Waals surface area contributed by atoms with Gasteiger partial charge in [-0.1, -0.05) is 30.3 Å². The first-order valence-electron chi connectivity index (χ1n) is 8.27. The summed E-state index contributed by atoms with van der Waals surface area (Å²) in [7, 11) is 0. The molecule has 9 heteroatoms. The Morgan fingerprint density at radius 2 is 1.64 bits per heavy atom. The fourth-order valence-corrected chi connectivity index (χ4v) is 2.98. The van der Waals surface area contributed by atoms with Gasteiger partial charge in [0.2, 0.25) is 0 Å². The van der Waals surface area contributed by atoms with E-state index in [1.165, 1.54) is 18.5 Å². The van der Waals surface area contributed by atoms with Crippen LogP contribution in [0.4, 0.5) is 13.2 Å². The number of H-pyrrole nitrogens is 1. The van der Waals surface area contributed by atoms with Crippen LogP contribution in [0.15, 0.2) is 70.5 Å². The van der Waals surface area contributed by atoms with Gasteiger partial charge >= 0.3 is 11.9 Å². The van der Waals surface area contributed by atoms with Gasteiger partial charge in [0.1, 0.15) is 5.52 Å². The Morgan fingerprint density at radius 3 is 2.29 bits per heavy atom. The van der Waals surface area contributed by atoms with Gasteiger partial charge in [0.15, 0.2) is 5.65 Å². The van der Waals surface area contributed by atoms with Crippen molar-refractivity contribution in [3.05, 3.63) is 92.9 Å². The number of benzene rings is 2. The van der Waals surface area contributed by atoms with Crippen LogP contribution in [-0.2, 0) is 12.7 Å². The second-order valence-electron chi connectivity index (χ2n) is 6.14. The van der Waals surface area contributed by atoms with Crippen LogP contribution in [0.25, 0.3) is 16.9 Å². The van der Waals surface area contributed by atoms with Crippen molar-refractivity contribution < 1.29 is 13.2 Å². The average Bonchev–Trinajstić information content (AvgIpc) is 3.15. The number of hydrogen-bond donors (Lipinski definition) is 1. The topological polar surface area (TPSA) is 72.7 Å². The largest absolute Gasteiger partial charge is 0.416 e. The monoisotopic (exact) mass is 386 g/mol. The summed E-state index contributed by atoms with van der Waals surface area (Å²) in [5.74, 6) is 0. The van der Waals surface area contributed by atoms with Gasteiger partial charge < -0.3 is 4.98 Å². The first kappa shape index (κ1) is 17.8. The fourth-order valence-electron chi connectivity index (χ4n) is 2.98. The lowest BCUT2D eigenvalue weighted by Gasteiger charge is -2.13. The van der Waals surface area contributed by atoms with Crippen molar-refractivity contribution in [2.75, 3.05) is 0 Å². The minimum atomic E-state index is -4.49. The second kappa shape index (κ2) is 6.52. The molecular formula is C19H13F3N4O2. The van der Waals surface area contributed by atoms with Gasteiger partial charge in [0.25, 0.3) is 5.56 Å². The Balaban J connectivity index is 1.92. The first-order valence-corrected chi connectivity index (χ1v) is 8.27. The minimum absolute atomic E-state index is 0.0219. The Bertz CT molecular complexity index is 1250. The van der Waals surface area contributed by atoms with Crippen molar-refractivity contribution in [3.63, 3.8) is 0 Å². The standard InChI is InChI=1S/C19H13F3N4O2/c20-19(21,22)13-6-8-14(9-7-13)26-16-15(23-11-24-16)17(27)25(18(26)28)10-12-4-2-1-3-5-12/h1-9,11H,10H2,(H,23,24). The molecule has 0 saturated carbocycles. The number of halogens is 3. The van der Waals surface area contributed by atoms with Crippen molar-refractivity contribution in [1.29, 1.82) is 0 Å². The van der Waals surface area contributed by atoms with Crippen LogP contribution in [0.5, 0.6) is 0 Å². The molecule has 4 aromatic rings. The maximum Gasteiger partial charge on any atom is 0.416 e. The van der Waals surface area contributed by atoms with Gasteiger partial charge in [-0.3, -0.25) is 9.36 Å². The highest BCUT2D eigenvalue weighted by Gasteiger charge is 2.30. The molecule has 2 aromatic heterocycles. The van der Waals surface area contributed by atoms with Gasteiger partial charge in [-0.25, -0.2) is 14.3 Å². The van der Waals surface area contributed by atoms with Crippen molar-refractivity contribution in [2.24, 2.45) is 0 Å². The quantitative estimate of drug-likeness (QED) is 0.588. The SMILES string of the molecule is O=c1c2[nH]cnc2n(-c2ccc(C(F)(F)F)cc2)c(=O)n1Cc1ccccc1. The van der Waals surface area contributed by atoms with Crippen LogP contribution in [0.1, 0.15) is 11.1 Å².